The average Bonchev–Trinajstić information content (AvgIpc) is 2.54. The standard InChI is InChI=1S/C16H10F7NO3/c17-9-2-3-12(25)10(6-9)14(26)24-11-5-8(16(21,22)23)1-4-13(11)27-7-15(18,19)20/h1-6,25H,7H2,(H,24,26). The van der Waals surface area contributed by atoms with Crippen molar-refractivity contribution in [3.05, 3.63) is 53.3 Å². The zero-order valence-electron chi connectivity index (χ0n) is 13.1. The molecule has 27 heavy (non-hydrogen) atoms. The molecule has 1 amide bonds. The number of amides is 1. The fourth-order valence-corrected chi connectivity index (χ4v) is 1.97. The van der Waals surface area contributed by atoms with Crippen LogP contribution in [0.5, 0.6) is 11.5 Å². The molecular formula is C16H10F7NO3. The number of ether oxygens (including phenoxy) is 1. The van der Waals surface area contributed by atoms with Gasteiger partial charge >= 0.3 is 12.4 Å². The molecule has 0 fully saturated rings. The molecule has 0 saturated heterocycles. The van der Waals surface area contributed by atoms with Gasteiger partial charge in [-0.3, -0.25) is 4.79 Å². The highest BCUT2D eigenvalue weighted by atomic mass is 19.4. The molecule has 0 aromatic heterocycles. The number of benzene rings is 2. The van der Waals surface area contributed by atoms with Crippen molar-refractivity contribution in [2.45, 2.75) is 12.4 Å². The quantitative estimate of drug-likeness (QED) is 0.733. The molecule has 0 heterocycles. The van der Waals surface area contributed by atoms with Crippen molar-refractivity contribution in [3.8, 4) is 11.5 Å². The Balaban J connectivity index is 2.38. The molecule has 4 nitrogen and oxygen atoms in total. The summed E-state index contributed by atoms with van der Waals surface area (Å²) in [6.07, 6.45) is -9.62. The lowest BCUT2D eigenvalue weighted by Gasteiger charge is -2.16. The van der Waals surface area contributed by atoms with Crippen molar-refractivity contribution in [1.29, 1.82) is 0 Å². The van der Waals surface area contributed by atoms with Crippen LogP contribution in [0, 0.1) is 5.82 Å². The second-order valence-corrected chi connectivity index (χ2v) is 5.23. The molecule has 0 aliphatic heterocycles. The van der Waals surface area contributed by atoms with E-state index < -0.39 is 59.0 Å². The molecular weight excluding hydrogens is 387 g/mol. The monoisotopic (exact) mass is 397 g/mol. The van der Waals surface area contributed by atoms with Crippen LogP contribution in [0.25, 0.3) is 0 Å². The van der Waals surface area contributed by atoms with Gasteiger partial charge in [-0.05, 0) is 36.4 Å². The van der Waals surface area contributed by atoms with E-state index in [1.807, 2.05) is 5.32 Å². The van der Waals surface area contributed by atoms with Crippen molar-refractivity contribution in [3.63, 3.8) is 0 Å². The van der Waals surface area contributed by atoms with Gasteiger partial charge in [0.25, 0.3) is 5.91 Å². The number of halogens is 7. The predicted molar refractivity (Wildman–Crippen MR) is 79.0 cm³/mol. The van der Waals surface area contributed by atoms with Crippen LogP contribution in [-0.4, -0.2) is 23.8 Å². The van der Waals surface area contributed by atoms with Crippen molar-refractivity contribution >= 4 is 11.6 Å². The lowest BCUT2D eigenvalue weighted by molar-refractivity contribution is -0.153. The lowest BCUT2D eigenvalue weighted by atomic mass is 10.1. The van der Waals surface area contributed by atoms with E-state index in [1.165, 1.54) is 0 Å². The summed E-state index contributed by atoms with van der Waals surface area (Å²) < 4.78 is 93.0. The lowest BCUT2D eigenvalue weighted by Crippen LogP contribution is -2.21. The van der Waals surface area contributed by atoms with Gasteiger partial charge in [-0.25, -0.2) is 4.39 Å². The van der Waals surface area contributed by atoms with E-state index in [1.54, 1.807) is 0 Å². The number of phenols is 1. The zero-order valence-corrected chi connectivity index (χ0v) is 13.1. The molecule has 11 heteroatoms. The van der Waals surface area contributed by atoms with Crippen LogP contribution >= 0.6 is 0 Å². The van der Waals surface area contributed by atoms with Gasteiger partial charge < -0.3 is 15.2 Å². The number of alkyl halides is 6. The molecule has 0 atom stereocenters. The van der Waals surface area contributed by atoms with Gasteiger partial charge in [0.2, 0.25) is 0 Å². The van der Waals surface area contributed by atoms with Gasteiger partial charge in [0.05, 0.1) is 16.8 Å². The molecule has 2 aromatic carbocycles. The van der Waals surface area contributed by atoms with Crippen LogP contribution in [-0.2, 0) is 6.18 Å². The number of phenolic OH excluding ortho intramolecular Hbond substituents is 1. The van der Waals surface area contributed by atoms with Crippen molar-refractivity contribution in [2.24, 2.45) is 0 Å². The normalized spacial score (nSPS) is 12.0. The van der Waals surface area contributed by atoms with Crippen molar-refractivity contribution in [2.75, 3.05) is 11.9 Å². The van der Waals surface area contributed by atoms with E-state index >= 15 is 0 Å². The van der Waals surface area contributed by atoms with Crippen LogP contribution in [0.4, 0.5) is 36.4 Å². The van der Waals surface area contributed by atoms with Crippen LogP contribution in [0.2, 0.25) is 0 Å². The highest BCUT2D eigenvalue weighted by Crippen LogP contribution is 2.36. The number of hydrogen-bond donors (Lipinski definition) is 2. The third kappa shape index (κ3) is 5.50. The first-order valence-corrected chi connectivity index (χ1v) is 7.07. The first-order valence-electron chi connectivity index (χ1n) is 7.07. The minimum Gasteiger partial charge on any atom is -0.507 e. The number of rotatable bonds is 4. The SMILES string of the molecule is O=C(Nc1cc(C(F)(F)F)ccc1OCC(F)(F)F)c1cc(F)ccc1O. The number of hydrogen-bond acceptors (Lipinski definition) is 3. The highest BCUT2D eigenvalue weighted by Gasteiger charge is 2.33. The molecule has 0 aliphatic rings. The van der Waals surface area contributed by atoms with Crippen LogP contribution in [0.15, 0.2) is 36.4 Å². The van der Waals surface area contributed by atoms with Gasteiger partial charge in [0, 0.05) is 0 Å². The minimum absolute atomic E-state index is 0.361. The topological polar surface area (TPSA) is 58.6 Å². The fraction of sp³-hybridized carbons (Fsp3) is 0.188. The number of carbonyl (C=O) groups excluding carboxylic acids is 1. The van der Waals surface area contributed by atoms with E-state index in [-0.39, 0.29) is 0 Å². The van der Waals surface area contributed by atoms with Crippen molar-refractivity contribution < 1.29 is 45.4 Å². The largest absolute Gasteiger partial charge is 0.507 e. The van der Waals surface area contributed by atoms with Gasteiger partial charge in [0.1, 0.15) is 17.3 Å². The van der Waals surface area contributed by atoms with Gasteiger partial charge in [-0.1, -0.05) is 0 Å². The first-order chi connectivity index (χ1) is 12.4. The molecule has 0 unspecified atom stereocenters. The third-order valence-corrected chi connectivity index (χ3v) is 3.15. The van der Waals surface area contributed by atoms with Crippen LogP contribution in [0.3, 0.4) is 0 Å². The summed E-state index contributed by atoms with van der Waals surface area (Å²) in [5.74, 6) is -3.54. The number of anilines is 1. The smallest absolute Gasteiger partial charge is 0.422 e. The maximum atomic E-state index is 13.2. The Bertz CT molecular complexity index is 847. The Kier molecular flexibility index (Phi) is 5.52. The summed E-state index contributed by atoms with van der Waals surface area (Å²) in [5.41, 5.74) is -2.63. The molecule has 0 saturated carbocycles. The second kappa shape index (κ2) is 7.33. The Hall–Kier alpha value is -2.98. The highest BCUT2D eigenvalue weighted by molar-refractivity contribution is 6.06. The average molecular weight is 397 g/mol. The van der Waals surface area contributed by atoms with Crippen molar-refractivity contribution in [1.82, 2.24) is 0 Å². The zero-order chi connectivity index (χ0) is 20.4. The maximum absolute atomic E-state index is 13.2. The minimum atomic E-state index is -4.84. The molecule has 2 rings (SSSR count). The second-order valence-electron chi connectivity index (χ2n) is 5.23. The van der Waals surface area contributed by atoms with Gasteiger partial charge in [0.15, 0.2) is 6.61 Å². The number of aromatic hydroxyl groups is 1. The van der Waals surface area contributed by atoms with E-state index in [0.717, 1.165) is 12.1 Å². The Morgan fingerprint density at radius 1 is 1.04 bits per heavy atom. The molecule has 0 radical (unpaired) electrons. The van der Waals surface area contributed by atoms with E-state index in [4.69, 9.17) is 0 Å². The van der Waals surface area contributed by atoms with E-state index in [9.17, 15) is 40.6 Å². The Morgan fingerprint density at radius 2 is 1.70 bits per heavy atom. The Morgan fingerprint density at radius 3 is 2.30 bits per heavy atom. The summed E-state index contributed by atoms with van der Waals surface area (Å²) in [4.78, 5) is 12.1. The van der Waals surface area contributed by atoms with Gasteiger partial charge in [-0.2, -0.15) is 26.3 Å². The molecule has 0 spiro atoms. The summed E-state index contributed by atoms with van der Waals surface area (Å²) >= 11 is 0. The molecule has 2 N–H and O–H groups in total. The van der Waals surface area contributed by atoms with Crippen LogP contribution < -0.4 is 10.1 Å². The summed E-state index contributed by atoms with van der Waals surface area (Å²) in [6, 6.07) is 3.71. The third-order valence-electron chi connectivity index (χ3n) is 3.15. The van der Waals surface area contributed by atoms with E-state index in [2.05, 4.69) is 4.74 Å². The first kappa shape index (κ1) is 20.3. The van der Waals surface area contributed by atoms with E-state index in [0.29, 0.717) is 24.3 Å². The molecule has 2 aromatic rings. The predicted octanol–water partition coefficient (Wildman–Crippen LogP) is 4.74. The van der Waals surface area contributed by atoms with Gasteiger partial charge in [-0.15, -0.1) is 0 Å². The maximum Gasteiger partial charge on any atom is 0.422 e. The molecule has 146 valence electrons. The fourth-order valence-electron chi connectivity index (χ4n) is 1.97. The summed E-state index contributed by atoms with van der Waals surface area (Å²) in [6.45, 7) is -1.81. The summed E-state index contributed by atoms with van der Waals surface area (Å²) in [7, 11) is 0. The molecule has 0 aliphatic carbocycles. The molecule has 0 bridgehead atoms. The number of carbonyl (C=O) groups is 1. The van der Waals surface area contributed by atoms with Crippen LogP contribution in [0.1, 0.15) is 15.9 Å². The number of nitrogens with one attached hydrogen (secondary N) is 1. The summed E-state index contributed by atoms with van der Waals surface area (Å²) in [5, 5.41) is 11.4. The Labute approximate surface area is 147 Å².